The van der Waals surface area contributed by atoms with Crippen LogP contribution in [0.4, 0.5) is 4.39 Å². The Morgan fingerprint density at radius 3 is 2.62 bits per heavy atom. The van der Waals surface area contributed by atoms with Crippen molar-refractivity contribution in [1.29, 1.82) is 0 Å². The molecule has 130 valence electrons. The second-order valence-corrected chi connectivity index (χ2v) is 5.62. The number of hydrogen-bond acceptors (Lipinski definition) is 3. The fourth-order valence-corrected chi connectivity index (χ4v) is 2.63. The summed E-state index contributed by atoms with van der Waals surface area (Å²) in [5, 5.41) is 3.37. The Balaban J connectivity index is 1.81. The number of para-hydroxylation sites is 1. The van der Waals surface area contributed by atoms with Gasteiger partial charge in [0, 0.05) is 28.8 Å². The van der Waals surface area contributed by atoms with Gasteiger partial charge in [0.1, 0.15) is 11.9 Å². The van der Waals surface area contributed by atoms with E-state index in [4.69, 9.17) is 5.73 Å². The minimum absolute atomic E-state index is 0.0218. The van der Waals surface area contributed by atoms with Crippen molar-refractivity contribution in [2.24, 2.45) is 5.73 Å². The summed E-state index contributed by atoms with van der Waals surface area (Å²) in [6.07, 6.45) is 4.52. The molecule has 0 radical (unpaired) electrons. The molecule has 0 bridgehead atoms. The first-order valence-corrected chi connectivity index (χ1v) is 7.92. The lowest BCUT2D eigenvalue weighted by molar-refractivity contribution is -0.125. The zero-order valence-corrected chi connectivity index (χ0v) is 13.7. The first kappa shape index (κ1) is 17.3. The van der Waals surface area contributed by atoms with Crippen molar-refractivity contribution in [3.8, 4) is 0 Å². The number of fused-ring (bicyclic) bond motifs is 1. The van der Waals surface area contributed by atoms with Gasteiger partial charge >= 0.3 is 0 Å². The van der Waals surface area contributed by atoms with E-state index in [-0.39, 0.29) is 5.56 Å². The lowest BCUT2D eigenvalue weighted by atomic mass is 10.1. The van der Waals surface area contributed by atoms with Crippen LogP contribution in [0.25, 0.3) is 17.0 Å². The second kappa shape index (κ2) is 7.57. The molecule has 1 heterocycles. The van der Waals surface area contributed by atoms with E-state index in [1.807, 2.05) is 30.3 Å². The van der Waals surface area contributed by atoms with Crippen molar-refractivity contribution < 1.29 is 14.0 Å². The summed E-state index contributed by atoms with van der Waals surface area (Å²) in [4.78, 5) is 28.1. The molecule has 0 aliphatic heterocycles. The third kappa shape index (κ3) is 3.75. The van der Waals surface area contributed by atoms with Crippen LogP contribution in [-0.2, 0) is 9.59 Å². The zero-order chi connectivity index (χ0) is 18.5. The van der Waals surface area contributed by atoms with Crippen LogP contribution >= 0.6 is 0 Å². The molecule has 2 amide bonds. The normalized spacial score (nSPS) is 12.2. The van der Waals surface area contributed by atoms with Crippen LogP contribution in [-0.4, -0.2) is 16.8 Å². The Bertz CT molecular complexity index is 996. The number of nitrogens with zero attached hydrogens (tertiary/aromatic N) is 1. The van der Waals surface area contributed by atoms with Crippen LogP contribution in [0.3, 0.4) is 0 Å². The van der Waals surface area contributed by atoms with Crippen LogP contribution < -0.4 is 11.1 Å². The summed E-state index contributed by atoms with van der Waals surface area (Å²) in [6, 6.07) is 13.8. The van der Waals surface area contributed by atoms with Gasteiger partial charge in [0.2, 0.25) is 11.8 Å². The van der Waals surface area contributed by atoms with E-state index in [9.17, 15) is 14.0 Å². The molecular formula is C20H16FN3O2. The number of primary amides is 1. The van der Waals surface area contributed by atoms with E-state index in [0.29, 0.717) is 0 Å². The summed E-state index contributed by atoms with van der Waals surface area (Å²) >= 11 is 0. The molecule has 0 unspecified atom stereocenters. The number of carbonyl (C=O) groups is 2. The summed E-state index contributed by atoms with van der Waals surface area (Å²) in [5.41, 5.74) is 6.83. The highest BCUT2D eigenvalue weighted by molar-refractivity contribution is 5.97. The third-order valence-electron chi connectivity index (χ3n) is 3.87. The Hall–Kier alpha value is -3.54. The lowest BCUT2D eigenvalue weighted by Crippen LogP contribution is -2.37. The van der Waals surface area contributed by atoms with E-state index in [2.05, 4.69) is 10.3 Å². The highest BCUT2D eigenvalue weighted by Crippen LogP contribution is 2.18. The number of benzene rings is 2. The van der Waals surface area contributed by atoms with Crippen LogP contribution in [0, 0.1) is 5.82 Å². The highest BCUT2D eigenvalue weighted by Gasteiger charge is 2.22. The predicted molar refractivity (Wildman–Crippen MR) is 97.3 cm³/mol. The number of pyridine rings is 1. The maximum atomic E-state index is 13.9. The Labute approximate surface area is 149 Å². The van der Waals surface area contributed by atoms with E-state index >= 15 is 0 Å². The van der Waals surface area contributed by atoms with Gasteiger partial charge in [0.15, 0.2) is 0 Å². The fourth-order valence-electron chi connectivity index (χ4n) is 2.63. The molecule has 0 aliphatic rings. The monoisotopic (exact) mass is 349 g/mol. The minimum atomic E-state index is -1.25. The molecule has 0 spiro atoms. The predicted octanol–water partition coefficient (Wildman–Crippen LogP) is 2.73. The molecule has 3 aromatic rings. The molecule has 3 N–H and O–H groups in total. The lowest BCUT2D eigenvalue weighted by Gasteiger charge is -2.15. The quantitative estimate of drug-likeness (QED) is 0.695. The topological polar surface area (TPSA) is 85.1 Å². The van der Waals surface area contributed by atoms with Gasteiger partial charge in [-0.2, -0.15) is 0 Å². The molecular weight excluding hydrogens is 333 g/mol. The summed E-state index contributed by atoms with van der Waals surface area (Å²) in [5.74, 6) is -2.02. The molecule has 5 nitrogen and oxygen atoms in total. The van der Waals surface area contributed by atoms with Gasteiger partial charge in [0.05, 0.1) is 5.52 Å². The molecule has 1 atom stereocenters. The van der Waals surface area contributed by atoms with Gasteiger partial charge in [-0.05, 0) is 18.2 Å². The van der Waals surface area contributed by atoms with Crippen molar-refractivity contribution in [3.63, 3.8) is 0 Å². The molecule has 0 aliphatic carbocycles. The summed E-state index contributed by atoms with van der Waals surface area (Å²) in [6.45, 7) is 0. The third-order valence-corrected chi connectivity index (χ3v) is 3.87. The van der Waals surface area contributed by atoms with E-state index in [1.54, 1.807) is 18.3 Å². The number of rotatable bonds is 5. The van der Waals surface area contributed by atoms with E-state index in [1.165, 1.54) is 24.3 Å². The smallest absolute Gasteiger partial charge is 0.244 e. The number of halogens is 1. The number of aromatic nitrogens is 1. The molecule has 26 heavy (non-hydrogen) atoms. The molecule has 0 saturated heterocycles. The van der Waals surface area contributed by atoms with E-state index in [0.717, 1.165) is 16.5 Å². The van der Waals surface area contributed by atoms with Gasteiger partial charge in [0.25, 0.3) is 0 Å². The number of nitrogens with two attached hydrogens (primary N) is 1. The number of carbonyl (C=O) groups excluding carboxylic acids is 2. The summed E-state index contributed by atoms with van der Waals surface area (Å²) < 4.78 is 13.9. The first-order valence-electron chi connectivity index (χ1n) is 7.92. The molecule has 0 fully saturated rings. The number of hydrogen-bond donors (Lipinski definition) is 2. The largest absolute Gasteiger partial charge is 0.368 e. The maximum absolute atomic E-state index is 13.9. The van der Waals surface area contributed by atoms with Crippen LogP contribution in [0.2, 0.25) is 0 Å². The standard InChI is InChI=1S/C20H16FN3O2/c21-16-9-2-1-8-15(16)19(20(22)26)24-17(25)11-10-14-6-3-5-13-7-4-12-23-18(13)14/h1-12,19H,(H2,22,26)(H,24,25)/b11-10+/t19-/m1/s1. The zero-order valence-electron chi connectivity index (χ0n) is 13.7. The molecule has 0 saturated carbocycles. The molecule has 2 aromatic carbocycles. The number of nitrogens with one attached hydrogen (secondary N) is 1. The van der Waals surface area contributed by atoms with Gasteiger partial charge in [-0.3, -0.25) is 14.6 Å². The highest BCUT2D eigenvalue weighted by atomic mass is 19.1. The summed E-state index contributed by atoms with van der Waals surface area (Å²) in [7, 11) is 0. The maximum Gasteiger partial charge on any atom is 0.244 e. The van der Waals surface area contributed by atoms with Gasteiger partial charge < -0.3 is 11.1 Å². The molecule has 1 aromatic heterocycles. The fraction of sp³-hybridized carbons (Fsp3) is 0.0500. The van der Waals surface area contributed by atoms with Crippen molar-refractivity contribution in [1.82, 2.24) is 10.3 Å². The van der Waals surface area contributed by atoms with E-state index < -0.39 is 23.7 Å². The number of amides is 2. The SMILES string of the molecule is NC(=O)[C@H](NC(=O)/C=C/c1cccc2cccnc12)c1ccccc1F. The molecule has 6 heteroatoms. The van der Waals surface area contributed by atoms with Crippen molar-refractivity contribution in [2.45, 2.75) is 6.04 Å². The van der Waals surface area contributed by atoms with Crippen LogP contribution in [0.5, 0.6) is 0 Å². The van der Waals surface area contributed by atoms with Gasteiger partial charge in [-0.1, -0.05) is 42.5 Å². The Kier molecular flexibility index (Phi) is 5.03. The minimum Gasteiger partial charge on any atom is -0.368 e. The van der Waals surface area contributed by atoms with Crippen LogP contribution in [0.15, 0.2) is 66.9 Å². The average Bonchev–Trinajstić information content (AvgIpc) is 2.65. The average molecular weight is 349 g/mol. The van der Waals surface area contributed by atoms with Crippen molar-refractivity contribution in [2.75, 3.05) is 0 Å². The second-order valence-electron chi connectivity index (χ2n) is 5.62. The van der Waals surface area contributed by atoms with Gasteiger partial charge in [-0.15, -0.1) is 0 Å². The van der Waals surface area contributed by atoms with Crippen molar-refractivity contribution in [3.05, 3.63) is 83.8 Å². The Morgan fingerprint density at radius 1 is 1.08 bits per heavy atom. The Morgan fingerprint density at radius 2 is 1.85 bits per heavy atom. The molecule has 3 rings (SSSR count). The van der Waals surface area contributed by atoms with Gasteiger partial charge in [-0.25, -0.2) is 4.39 Å². The first-order chi connectivity index (χ1) is 12.6. The van der Waals surface area contributed by atoms with Crippen molar-refractivity contribution >= 4 is 28.8 Å². The van der Waals surface area contributed by atoms with Crippen LogP contribution in [0.1, 0.15) is 17.2 Å².